The number of aromatic nitrogens is 1. The number of hydrogen-bond donors (Lipinski definition) is 2. The Bertz CT molecular complexity index is 577. The molecule has 0 saturated carbocycles. The van der Waals surface area contributed by atoms with Crippen molar-refractivity contribution in [2.75, 3.05) is 5.32 Å². The number of carbonyl (C=O) groups is 1. The molecule has 2 N–H and O–H groups in total. The normalized spacial score (nSPS) is 10.2. The lowest BCUT2D eigenvalue weighted by Gasteiger charge is -2.03. The Balaban J connectivity index is 2.08. The fourth-order valence-electron chi connectivity index (χ4n) is 1.32. The van der Waals surface area contributed by atoms with Gasteiger partial charge in [0, 0.05) is 17.3 Å². The molecule has 0 aliphatic rings. The van der Waals surface area contributed by atoms with Gasteiger partial charge in [0.1, 0.15) is 5.69 Å². The molecule has 0 saturated heterocycles. The number of amides is 1. The molecule has 0 aliphatic heterocycles. The molecule has 4 nitrogen and oxygen atoms in total. The predicted molar refractivity (Wildman–Crippen MR) is 71.4 cm³/mol. The number of thiophene rings is 1. The maximum atomic E-state index is 11.7. The van der Waals surface area contributed by atoms with E-state index in [0.29, 0.717) is 4.47 Å². The molecule has 6 heteroatoms. The van der Waals surface area contributed by atoms with Crippen LogP contribution in [-0.4, -0.2) is 10.9 Å². The van der Waals surface area contributed by atoms with Crippen LogP contribution in [0.5, 0.6) is 0 Å². The van der Waals surface area contributed by atoms with Gasteiger partial charge in [0.05, 0.1) is 10.9 Å². The van der Waals surface area contributed by atoms with Gasteiger partial charge in [0.2, 0.25) is 11.3 Å². The van der Waals surface area contributed by atoms with Crippen LogP contribution in [0, 0.1) is 0 Å². The first-order chi connectivity index (χ1) is 8.16. The Morgan fingerprint density at radius 3 is 3.00 bits per heavy atom. The molecule has 2 rings (SSSR count). The summed E-state index contributed by atoms with van der Waals surface area (Å²) in [6.45, 7) is 0. The lowest BCUT2D eigenvalue weighted by molar-refractivity contribution is -0.115. The summed E-state index contributed by atoms with van der Waals surface area (Å²) in [5.74, 6) is -0.198. The first-order valence-electron chi connectivity index (χ1n) is 4.85. The monoisotopic (exact) mass is 312 g/mol. The third kappa shape index (κ3) is 3.04. The minimum absolute atomic E-state index is 0.198. The number of H-pyrrole nitrogens is 1. The molecule has 0 fully saturated rings. The van der Waals surface area contributed by atoms with Gasteiger partial charge in [-0.05, 0) is 27.4 Å². The smallest absolute Gasteiger partial charge is 0.229 e. The SMILES string of the molecule is O=C(Cc1cccs1)Nc1c[nH]cc(Br)c1=O. The maximum absolute atomic E-state index is 11.7. The van der Waals surface area contributed by atoms with Crippen LogP contribution >= 0.6 is 27.3 Å². The maximum Gasteiger partial charge on any atom is 0.229 e. The van der Waals surface area contributed by atoms with Gasteiger partial charge in [-0.2, -0.15) is 0 Å². The Morgan fingerprint density at radius 2 is 2.29 bits per heavy atom. The molecule has 0 unspecified atom stereocenters. The molecular weight excluding hydrogens is 304 g/mol. The van der Waals surface area contributed by atoms with Gasteiger partial charge in [-0.25, -0.2) is 0 Å². The zero-order valence-corrected chi connectivity index (χ0v) is 11.1. The van der Waals surface area contributed by atoms with Crippen LogP contribution in [0.3, 0.4) is 0 Å². The number of nitrogens with one attached hydrogen (secondary N) is 2. The Hall–Kier alpha value is -1.40. The Kier molecular flexibility index (Phi) is 3.75. The summed E-state index contributed by atoms with van der Waals surface area (Å²) >= 11 is 4.62. The molecule has 0 aliphatic carbocycles. The highest BCUT2D eigenvalue weighted by Gasteiger charge is 2.08. The number of carbonyl (C=O) groups excluding carboxylic acids is 1. The van der Waals surface area contributed by atoms with Crippen molar-refractivity contribution in [3.05, 3.63) is 49.5 Å². The van der Waals surface area contributed by atoms with Crippen molar-refractivity contribution >= 4 is 38.9 Å². The molecule has 2 heterocycles. The van der Waals surface area contributed by atoms with E-state index in [0.717, 1.165) is 4.88 Å². The van der Waals surface area contributed by atoms with E-state index >= 15 is 0 Å². The van der Waals surface area contributed by atoms with E-state index in [1.807, 2.05) is 17.5 Å². The quantitative estimate of drug-likeness (QED) is 0.914. The van der Waals surface area contributed by atoms with Crippen LogP contribution in [0.1, 0.15) is 4.88 Å². The van der Waals surface area contributed by atoms with Crippen LogP contribution in [-0.2, 0) is 11.2 Å². The van der Waals surface area contributed by atoms with Crippen molar-refractivity contribution in [2.24, 2.45) is 0 Å². The van der Waals surface area contributed by atoms with Crippen LogP contribution < -0.4 is 10.7 Å². The first-order valence-corrected chi connectivity index (χ1v) is 6.53. The topological polar surface area (TPSA) is 62.0 Å². The van der Waals surface area contributed by atoms with E-state index in [-0.39, 0.29) is 23.4 Å². The molecule has 0 radical (unpaired) electrons. The second kappa shape index (κ2) is 5.29. The van der Waals surface area contributed by atoms with E-state index in [1.165, 1.54) is 23.7 Å². The second-order valence-electron chi connectivity index (χ2n) is 3.35. The number of halogens is 1. The number of anilines is 1. The van der Waals surface area contributed by atoms with Gasteiger partial charge < -0.3 is 10.3 Å². The number of aromatic amines is 1. The van der Waals surface area contributed by atoms with Crippen molar-refractivity contribution in [2.45, 2.75) is 6.42 Å². The van der Waals surface area contributed by atoms with Crippen LogP contribution in [0.25, 0.3) is 0 Å². The molecule has 0 aromatic carbocycles. The zero-order chi connectivity index (χ0) is 12.3. The first kappa shape index (κ1) is 12.1. The fourth-order valence-corrected chi connectivity index (χ4v) is 2.37. The standard InChI is InChI=1S/C11H9BrN2O2S/c12-8-5-13-6-9(11(8)16)14-10(15)4-7-2-1-3-17-7/h1-3,5-6H,4H2,(H,13,16)(H,14,15). The summed E-state index contributed by atoms with van der Waals surface area (Å²) in [6, 6.07) is 3.77. The van der Waals surface area contributed by atoms with Gasteiger partial charge in [-0.3, -0.25) is 9.59 Å². The van der Waals surface area contributed by atoms with E-state index < -0.39 is 0 Å². The molecule has 17 heavy (non-hydrogen) atoms. The molecule has 2 aromatic heterocycles. The number of hydrogen-bond acceptors (Lipinski definition) is 3. The van der Waals surface area contributed by atoms with Gasteiger partial charge in [0.15, 0.2) is 0 Å². The molecule has 88 valence electrons. The van der Waals surface area contributed by atoms with Crippen molar-refractivity contribution < 1.29 is 4.79 Å². The van der Waals surface area contributed by atoms with E-state index in [9.17, 15) is 9.59 Å². The molecule has 0 spiro atoms. The van der Waals surface area contributed by atoms with Gasteiger partial charge >= 0.3 is 0 Å². The highest BCUT2D eigenvalue weighted by atomic mass is 79.9. The van der Waals surface area contributed by atoms with Crippen molar-refractivity contribution in [3.8, 4) is 0 Å². The van der Waals surface area contributed by atoms with Crippen LogP contribution in [0.4, 0.5) is 5.69 Å². The highest BCUT2D eigenvalue weighted by Crippen LogP contribution is 2.10. The summed E-state index contributed by atoms with van der Waals surface area (Å²) in [5.41, 5.74) is 0.0178. The van der Waals surface area contributed by atoms with Crippen molar-refractivity contribution in [3.63, 3.8) is 0 Å². The van der Waals surface area contributed by atoms with E-state index in [4.69, 9.17) is 0 Å². The number of pyridine rings is 1. The summed E-state index contributed by atoms with van der Waals surface area (Å²) in [4.78, 5) is 27.0. The average Bonchev–Trinajstić information content (AvgIpc) is 2.77. The highest BCUT2D eigenvalue weighted by molar-refractivity contribution is 9.10. The molecule has 0 atom stereocenters. The van der Waals surface area contributed by atoms with E-state index in [2.05, 4.69) is 26.2 Å². The average molecular weight is 313 g/mol. The van der Waals surface area contributed by atoms with Crippen LogP contribution in [0.2, 0.25) is 0 Å². The van der Waals surface area contributed by atoms with Gasteiger partial charge in [0.25, 0.3) is 0 Å². The third-order valence-corrected chi connectivity index (χ3v) is 3.55. The molecule has 1 amide bonds. The molecule has 2 aromatic rings. The number of rotatable bonds is 3. The largest absolute Gasteiger partial charge is 0.365 e. The Morgan fingerprint density at radius 1 is 1.47 bits per heavy atom. The zero-order valence-electron chi connectivity index (χ0n) is 8.70. The minimum Gasteiger partial charge on any atom is -0.365 e. The summed E-state index contributed by atoms with van der Waals surface area (Å²) in [7, 11) is 0. The summed E-state index contributed by atoms with van der Waals surface area (Å²) < 4.78 is 0.395. The molecular formula is C11H9BrN2O2S. The lowest BCUT2D eigenvalue weighted by atomic mass is 10.3. The summed E-state index contributed by atoms with van der Waals surface area (Å²) in [6.07, 6.45) is 3.28. The fraction of sp³-hybridized carbons (Fsp3) is 0.0909. The van der Waals surface area contributed by atoms with Crippen molar-refractivity contribution in [1.82, 2.24) is 4.98 Å². The second-order valence-corrected chi connectivity index (χ2v) is 5.24. The van der Waals surface area contributed by atoms with Crippen molar-refractivity contribution in [1.29, 1.82) is 0 Å². The predicted octanol–water partition coefficient (Wildman–Crippen LogP) is 2.38. The minimum atomic E-state index is -0.233. The summed E-state index contributed by atoms with van der Waals surface area (Å²) in [5, 5.41) is 4.49. The van der Waals surface area contributed by atoms with Gasteiger partial charge in [-0.1, -0.05) is 6.07 Å². The Labute approximate surface area is 110 Å². The lowest BCUT2D eigenvalue weighted by Crippen LogP contribution is -2.20. The third-order valence-electron chi connectivity index (χ3n) is 2.09. The molecule has 0 bridgehead atoms. The van der Waals surface area contributed by atoms with Gasteiger partial charge in [-0.15, -0.1) is 11.3 Å². The van der Waals surface area contributed by atoms with E-state index in [1.54, 1.807) is 0 Å². The van der Waals surface area contributed by atoms with Crippen LogP contribution in [0.15, 0.2) is 39.2 Å².